The Bertz CT molecular complexity index is 1430. The molecule has 0 aliphatic rings. The van der Waals surface area contributed by atoms with Crippen LogP contribution < -0.4 is 10.2 Å². The second-order valence-electron chi connectivity index (χ2n) is 10.6. The van der Waals surface area contributed by atoms with Crippen LogP contribution in [0.4, 0.5) is 45.5 Å². The summed E-state index contributed by atoms with van der Waals surface area (Å²) in [6.07, 6.45) is -10.5. The van der Waals surface area contributed by atoms with Crippen LogP contribution in [0, 0.1) is 0 Å². The van der Waals surface area contributed by atoms with Gasteiger partial charge < -0.3 is 20.1 Å². The van der Waals surface area contributed by atoms with Crippen molar-refractivity contribution >= 4 is 11.9 Å². The van der Waals surface area contributed by atoms with Gasteiger partial charge in [-0.2, -0.15) is 39.5 Å². The summed E-state index contributed by atoms with van der Waals surface area (Å²) in [7, 11) is 0. The van der Waals surface area contributed by atoms with E-state index in [-0.39, 0.29) is 35.7 Å². The van der Waals surface area contributed by atoms with Crippen molar-refractivity contribution in [2.75, 3.05) is 24.6 Å². The lowest BCUT2D eigenvalue weighted by Crippen LogP contribution is -2.26. The van der Waals surface area contributed by atoms with E-state index in [4.69, 9.17) is 4.74 Å². The van der Waals surface area contributed by atoms with E-state index in [0.29, 0.717) is 50.2 Å². The molecular weight excluding hydrogens is 647 g/mol. The minimum absolute atomic E-state index is 0.0246. The first-order valence-corrected chi connectivity index (χ1v) is 14.6. The van der Waals surface area contributed by atoms with Gasteiger partial charge in [-0.3, -0.25) is 4.79 Å². The van der Waals surface area contributed by atoms with Crippen molar-refractivity contribution in [3.8, 4) is 5.75 Å². The van der Waals surface area contributed by atoms with E-state index < -0.39 is 53.9 Å². The molecule has 258 valence electrons. The molecule has 47 heavy (non-hydrogen) atoms. The number of hydrogen-bond donors (Lipinski definition) is 2. The zero-order valence-electron chi connectivity index (χ0n) is 25.2. The fourth-order valence-corrected chi connectivity index (χ4v) is 4.68. The summed E-state index contributed by atoms with van der Waals surface area (Å²) < 4.78 is 127. The third-order valence-corrected chi connectivity index (χ3v) is 6.93. The van der Waals surface area contributed by atoms with Crippen molar-refractivity contribution < 1.29 is 54.2 Å². The minimum atomic E-state index is -5.11. The van der Waals surface area contributed by atoms with Crippen LogP contribution in [-0.2, 0) is 47.6 Å². The van der Waals surface area contributed by atoms with Crippen LogP contribution in [0.1, 0.15) is 66.0 Å². The molecule has 0 amide bonds. The minimum Gasteiger partial charge on any atom is -0.505 e. The molecular formula is C31H33F9N4O3. The van der Waals surface area contributed by atoms with Crippen molar-refractivity contribution in [1.82, 2.24) is 15.3 Å². The molecule has 0 unspecified atom stereocenters. The summed E-state index contributed by atoms with van der Waals surface area (Å²) in [4.78, 5) is 20.4. The number of alkyl halides is 9. The number of nitrogens with zero attached hydrogens (tertiary/aromatic N) is 3. The number of aromatic hydroxyl groups is 1. The van der Waals surface area contributed by atoms with Crippen LogP contribution in [0.3, 0.4) is 0 Å². The van der Waals surface area contributed by atoms with Crippen molar-refractivity contribution in [3.63, 3.8) is 0 Å². The molecule has 3 rings (SSSR count). The second kappa shape index (κ2) is 16.2. The number of rotatable bonds is 15. The van der Waals surface area contributed by atoms with Crippen LogP contribution in [0.2, 0.25) is 0 Å². The highest BCUT2D eigenvalue weighted by Crippen LogP contribution is 2.37. The number of carbonyl (C=O) groups excluding carboxylic acids is 1. The Labute approximate surface area is 264 Å². The van der Waals surface area contributed by atoms with Crippen molar-refractivity contribution in [2.24, 2.45) is 0 Å². The quantitative estimate of drug-likeness (QED) is 0.0967. The molecule has 0 fully saturated rings. The van der Waals surface area contributed by atoms with Gasteiger partial charge in [0.05, 0.1) is 35.7 Å². The van der Waals surface area contributed by atoms with E-state index in [2.05, 4.69) is 15.3 Å². The standard InChI is InChI=1S/C31H33F9N4O3/c1-2-47-27(46)6-4-3-5-10-41-11-9-21-7-8-23(29(32,33)34)14-22(21)19-44(28-42-16-26(45)17-43-28)18-20-12-24(30(35,36)37)15-25(13-20)31(38,39)40/h7-8,12-17,41,45H,2-6,9-11,18-19H2,1H3. The molecule has 3 aromatic rings. The zero-order chi connectivity index (χ0) is 34.8. The maximum atomic E-state index is 13.7. The van der Waals surface area contributed by atoms with Crippen LogP contribution in [0.5, 0.6) is 5.75 Å². The Balaban J connectivity index is 1.87. The monoisotopic (exact) mass is 680 g/mol. The maximum Gasteiger partial charge on any atom is 0.416 e. The van der Waals surface area contributed by atoms with Gasteiger partial charge in [-0.1, -0.05) is 12.5 Å². The highest BCUT2D eigenvalue weighted by atomic mass is 19.4. The smallest absolute Gasteiger partial charge is 0.416 e. The summed E-state index contributed by atoms with van der Waals surface area (Å²) in [5.41, 5.74) is -4.02. The van der Waals surface area contributed by atoms with E-state index in [9.17, 15) is 49.4 Å². The number of nitrogens with one attached hydrogen (secondary N) is 1. The van der Waals surface area contributed by atoms with Gasteiger partial charge in [0.1, 0.15) is 0 Å². The third-order valence-electron chi connectivity index (χ3n) is 6.93. The lowest BCUT2D eigenvalue weighted by molar-refractivity contribution is -0.144. The summed E-state index contributed by atoms with van der Waals surface area (Å²) in [6, 6.07) is 4.03. The van der Waals surface area contributed by atoms with Crippen LogP contribution in [0.15, 0.2) is 48.8 Å². The molecule has 0 saturated heterocycles. The molecule has 0 bridgehead atoms. The Hall–Kier alpha value is -4.08. The highest BCUT2D eigenvalue weighted by Gasteiger charge is 2.37. The topological polar surface area (TPSA) is 87.6 Å². The predicted molar refractivity (Wildman–Crippen MR) is 153 cm³/mol. The van der Waals surface area contributed by atoms with E-state index in [1.807, 2.05) is 0 Å². The Morgan fingerprint density at radius 1 is 0.787 bits per heavy atom. The first kappa shape index (κ1) is 37.4. The van der Waals surface area contributed by atoms with Crippen LogP contribution in [-0.4, -0.2) is 40.7 Å². The van der Waals surface area contributed by atoms with Crippen LogP contribution >= 0.6 is 0 Å². The van der Waals surface area contributed by atoms with E-state index in [0.717, 1.165) is 42.3 Å². The van der Waals surface area contributed by atoms with E-state index in [1.54, 1.807) is 6.92 Å². The maximum absolute atomic E-state index is 13.7. The number of ether oxygens (including phenoxy) is 1. The number of anilines is 1. The Morgan fingerprint density at radius 3 is 1.98 bits per heavy atom. The third kappa shape index (κ3) is 11.9. The van der Waals surface area contributed by atoms with Gasteiger partial charge >= 0.3 is 24.5 Å². The molecule has 16 heteroatoms. The second-order valence-corrected chi connectivity index (χ2v) is 10.6. The van der Waals surface area contributed by atoms with Crippen molar-refractivity contribution in [1.29, 1.82) is 0 Å². The number of benzene rings is 2. The first-order valence-electron chi connectivity index (χ1n) is 14.6. The molecule has 0 aliphatic carbocycles. The van der Waals surface area contributed by atoms with Gasteiger partial charge in [-0.05, 0) is 86.3 Å². The summed E-state index contributed by atoms with van der Waals surface area (Å²) >= 11 is 0. The average Bonchev–Trinajstić information content (AvgIpc) is 2.97. The van der Waals surface area contributed by atoms with Gasteiger partial charge in [0.2, 0.25) is 5.95 Å². The molecule has 7 nitrogen and oxygen atoms in total. The summed E-state index contributed by atoms with van der Waals surface area (Å²) in [5, 5.41) is 12.8. The van der Waals surface area contributed by atoms with Gasteiger partial charge in [-0.15, -0.1) is 0 Å². The number of esters is 1. The summed E-state index contributed by atoms with van der Waals surface area (Å²) in [6.45, 7) is 1.85. The molecule has 2 aromatic carbocycles. The molecule has 2 N–H and O–H groups in total. The zero-order valence-corrected chi connectivity index (χ0v) is 25.2. The number of unbranched alkanes of at least 4 members (excludes halogenated alkanes) is 2. The molecule has 1 aromatic heterocycles. The molecule has 0 atom stereocenters. The first-order chi connectivity index (χ1) is 22.0. The molecule has 0 radical (unpaired) electrons. The molecule has 0 saturated carbocycles. The number of halogens is 9. The molecule has 1 heterocycles. The normalized spacial score (nSPS) is 12.3. The lowest BCUT2D eigenvalue weighted by atomic mass is 9.99. The lowest BCUT2D eigenvalue weighted by Gasteiger charge is -2.26. The van der Waals surface area contributed by atoms with Crippen LogP contribution in [0.25, 0.3) is 0 Å². The summed E-state index contributed by atoms with van der Waals surface area (Å²) in [5.74, 6) is -0.923. The average molecular weight is 681 g/mol. The van der Waals surface area contributed by atoms with Crippen molar-refractivity contribution in [2.45, 2.75) is 70.6 Å². The Kier molecular flexibility index (Phi) is 12.8. The number of hydrogen-bond acceptors (Lipinski definition) is 7. The Morgan fingerprint density at radius 2 is 1.40 bits per heavy atom. The number of carbonyl (C=O) groups is 1. The largest absolute Gasteiger partial charge is 0.505 e. The van der Waals surface area contributed by atoms with Gasteiger partial charge in [0, 0.05) is 19.5 Å². The van der Waals surface area contributed by atoms with Gasteiger partial charge in [-0.25, -0.2) is 9.97 Å². The van der Waals surface area contributed by atoms with Gasteiger partial charge in [0.15, 0.2) is 5.75 Å². The highest BCUT2D eigenvalue weighted by molar-refractivity contribution is 5.69. The van der Waals surface area contributed by atoms with Gasteiger partial charge in [0.25, 0.3) is 0 Å². The predicted octanol–water partition coefficient (Wildman–Crippen LogP) is 7.70. The molecule has 0 spiro atoms. The fourth-order valence-electron chi connectivity index (χ4n) is 4.68. The molecule has 0 aliphatic heterocycles. The van der Waals surface area contributed by atoms with E-state index in [1.165, 1.54) is 6.07 Å². The van der Waals surface area contributed by atoms with E-state index >= 15 is 0 Å². The fraction of sp³-hybridized carbons (Fsp3) is 0.452. The van der Waals surface area contributed by atoms with Crippen molar-refractivity contribution in [3.05, 3.63) is 82.2 Å². The SMILES string of the molecule is CCOC(=O)CCCCCNCCc1ccc(C(F)(F)F)cc1CN(Cc1cc(C(F)(F)F)cc(C(F)(F)F)c1)c1ncc(O)cn1. The number of aromatic nitrogens is 2.